The Morgan fingerprint density at radius 2 is 2.00 bits per heavy atom. The molecule has 0 amide bonds. The molecule has 1 rings (SSSR count). The fraction of sp³-hybridized carbons (Fsp3) is 0.364. The smallest absolute Gasteiger partial charge is 0.389 e. The van der Waals surface area contributed by atoms with Crippen molar-refractivity contribution in [1.82, 2.24) is 4.31 Å². The van der Waals surface area contributed by atoms with Crippen molar-refractivity contribution in [2.45, 2.75) is 18.0 Å². The lowest BCUT2D eigenvalue weighted by molar-refractivity contribution is -0.135. The monoisotopic (exact) mass is 326 g/mol. The Hall–Kier alpha value is -1.19. The van der Waals surface area contributed by atoms with Crippen molar-refractivity contribution in [3.63, 3.8) is 0 Å². The van der Waals surface area contributed by atoms with Gasteiger partial charge in [0.2, 0.25) is 10.0 Å². The van der Waals surface area contributed by atoms with Gasteiger partial charge in [0.05, 0.1) is 4.90 Å². The van der Waals surface area contributed by atoms with E-state index in [1.807, 2.05) is 0 Å². The normalized spacial score (nSPS) is 12.7. The third-order valence-electron chi connectivity index (χ3n) is 2.46. The summed E-state index contributed by atoms with van der Waals surface area (Å²) in [6.07, 6.45) is -4.61. The first-order chi connectivity index (χ1) is 9.08. The number of hydrogen-bond donors (Lipinski definition) is 1. The van der Waals surface area contributed by atoms with Gasteiger partial charge in [0.15, 0.2) is 0 Å². The highest BCUT2D eigenvalue weighted by molar-refractivity contribution is 7.89. The molecule has 0 heterocycles. The van der Waals surface area contributed by atoms with Gasteiger partial charge in [0, 0.05) is 12.1 Å². The molecule has 9 heteroatoms. The van der Waals surface area contributed by atoms with E-state index >= 15 is 0 Å². The van der Waals surface area contributed by atoms with Crippen LogP contribution in [0.1, 0.15) is 12.5 Å². The predicted octanol–water partition coefficient (Wildman–Crippen LogP) is 1.89. The zero-order valence-corrected chi connectivity index (χ0v) is 12.1. The minimum absolute atomic E-state index is 0.0269. The number of hydrogen-bond acceptors (Lipinski definition) is 3. The summed E-state index contributed by atoms with van der Waals surface area (Å²) in [5.41, 5.74) is 5.66. The van der Waals surface area contributed by atoms with Crippen LogP contribution in [0.2, 0.25) is 0 Å². The van der Waals surface area contributed by atoms with Crippen molar-refractivity contribution >= 4 is 27.2 Å². The summed E-state index contributed by atoms with van der Waals surface area (Å²) < 4.78 is 61.9. The lowest BCUT2D eigenvalue weighted by atomic mass is 10.2. The van der Waals surface area contributed by atoms with Crippen LogP contribution in [-0.4, -0.2) is 37.0 Å². The summed E-state index contributed by atoms with van der Waals surface area (Å²) in [7, 11) is -4.24. The number of alkyl halides is 3. The van der Waals surface area contributed by atoms with Gasteiger partial charge in [-0.1, -0.05) is 31.3 Å². The van der Waals surface area contributed by atoms with E-state index in [0.717, 1.165) is 6.07 Å². The zero-order valence-electron chi connectivity index (χ0n) is 10.5. The largest absolute Gasteiger partial charge is 0.402 e. The topological polar surface area (TPSA) is 63.4 Å². The van der Waals surface area contributed by atoms with Crippen molar-refractivity contribution in [3.8, 4) is 0 Å². The molecule has 4 nitrogen and oxygen atoms in total. The van der Waals surface area contributed by atoms with Crippen LogP contribution in [0.5, 0.6) is 0 Å². The minimum Gasteiger partial charge on any atom is -0.389 e. The molecule has 0 aromatic heterocycles. The van der Waals surface area contributed by atoms with Gasteiger partial charge in [-0.25, -0.2) is 8.42 Å². The molecule has 0 saturated carbocycles. The van der Waals surface area contributed by atoms with Crippen LogP contribution < -0.4 is 5.73 Å². The summed E-state index contributed by atoms with van der Waals surface area (Å²) in [5, 5.41) is 0. The summed E-state index contributed by atoms with van der Waals surface area (Å²) in [6.45, 7) is -0.497. The summed E-state index contributed by atoms with van der Waals surface area (Å²) >= 11 is 4.72. The van der Waals surface area contributed by atoms with Gasteiger partial charge in [-0.2, -0.15) is 17.5 Å². The average Bonchev–Trinajstić information content (AvgIpc) is 2.34. The van der Waals surface area contributed by atoms with E-state index in [2.05, 4.69) is 0 Å². The standard InChI is InChI=1S/C11H13F3N2O2S2/c1-2-16(7-11(12,13)14)20(17,18)9-5-3-4-8(6-9)10(15)19/h3-6H,2,7H2,1H3,(H2,15,19). The number of halogens is 3. The quantitative estimate of drug-likeness (QED) is 0.840. The van der Waals surface area contributed by atoms with Crippen LogP contribution in [0, 0.1) is 0 Å². The minimum atomic E-state index is -4.61. The van der Waals surface area contributed by atoms with Crippen LogP contribution in [0.25, 0.3) is 0 Å². The second kappa shape index (κ2) is 6.06. The van der Waals surface area contributed by atoms with E-state index in [0.29, 0.717) is 4.31 Å². The van der Waals surface area contributed by atoms with Crippen LogP contribution in [-0.2, 0) is 10.0 Å². The van der Waals surface area contributed by atoms with E-state index in [1.54, 1.807) is 0 Å². The van der Waals surface area contributed by atoms with Crippen molar-refractivity contribution in [1.29, 1.82) is 0 Å². The van der Waals surface area contributed by atoms with Gasteiger partial charge >= 0.3 is 6.18 Å². The second-order valence-electron chi connectivity index (χ2n) is 3.94. The van der Waals surface area contributed by atoms with Crippen molar-refractivity contribution < 1.29 is 21.6 Å². The molecule has 0 fully saturated rings. The molecule has 0 aliphatic heterocycles. The van der Waals surface area contributed by atoms with Crippen molar-refractivity contribution in [2.75, 3.05) is 13.1 Å². The van der Waals surface area contributed by atoms with Crippen molar-refractivity contribution in [2.24, 2.45) is 5.73 Å². The molecule has 1 aromatic carbocycles. The lowest BCUT2D eigenvalue weighted by Gasteiger charge is -2.22. The molecule has 0 radical (unpaired) electrons. The van der Waals surface area contributed by atoms with E-state index in [1.165, 1.54) is 25.1 Å². The van der Waals surface area contributed by atoms with Gasteiger partial charge in [0.1, 0.15) is 11.5 Å². The fourth-order valence-corrected chi connectivity index (χ4v) is 3.13. The van der Waals surface area contributed by atoms with Crippen LogP contribution in [0.4, 0.5) is 13.2 Å². The number of thiocarbonyl (C=S) groups is 1. The highest BCUT2D eigenvalue weighted by Crippen LogP contribution is 2.23. The Balaban J connectivity index is 3.20. The maximum absolute atomic E-state index is 12.4. The van der Waals surface area contributed by atoms with Gasteiger partial charge in [-0.15, -0.1) is 0 Å². The average molecular weight is 326 g/mol. The zero-order chi connectivity index (χ0) is 15.6. The Kier molecular flexibility index (Phi) is 5.11. The van der Waals surface area contributed by atoms with Crippen LogP contribution in [0.3, 0.4) is 0 Å². The molecule has 0 aliphatic carbocycles. The van der Waals surface area contributed by atoms with E-state index < -0.39 is 22.7 Å². The van der Waals surface area contributed by atoms with E-state index in [9.17, 15) is 21.6 Å². The van der Waals surface area contributed by atoms with Crippen LogP contribution >= 0.6 is 12.2 Å². The molecule has 20 heavy (non-hydrogen) atoms. The van der Waals surface area contributed by atoms with Gasteiger partial charge in [0.25, 0.3) is 0 Å². The third-order valence-corrected chi connectivity index (χ3v) is 4.62. The molecule has 0 unspecified atom stereocenters. The summed E-state index contributed by atoms with van der Waals surface area (Å²) in [6, 6.07) is 5.23. The lowest BCUT2D eigenvalue weighted by Crippen LogP contribution is -2.38. The molecule has 0 atom stereocenters. The maximum Gasteiger partial charge on any atom is 0.402 e. The first-order valence-electron chi connectivity index (χ1n) is 5.54. The molecular weight excluding hydrogens is 313 g/mol. The third kappa shape index (κ3) is 4.15. The van der Waals surface area contributed by atoms with E-state index in [-0.39, 0.29) is 22.0 Å². The molecule has 112 valence electrons. The van der Waals surface area contributed by atoms with Crippen LogP contribution in [0.15, 0.2) is 29.2 Å². The number of sulfonamides is 1. The molecule has 0 spiro atoms. The molecule has 2 N–H and O–H groups in total. The molecule has 0 aliphatic rings. The van der Waals surface area contributed by atoms with Gasteiger partial charge in [-0.05, 0) is 12.1 Å². The highest BCUT2D eigenvalue weighted by atomic mass is 32.2. The molecule has 0 bridgehead atoms. The number of benzene rings is 1. The first kappa shape index (κ1) is 16.9. The second-order valence-corrected chi connectivity index (χ2v) is 6.32. The number of nitrogens with zero attached hydrogens (tertiary/aromatic N) is 1. The first-order valence-corrected chi connectivity index (χ1v) is 7.39. The Labute approximate surface area is 120 Å². The van der Waals surface area contributed by atoms with Crippen molar-refractivity contribution in [3.05, 3.63) is 29.8 Å². The van der Waals surface area contributed by atoms with Gasteiger partial charge < -0.3 is 5.73 Å². The SMILES string of the molecule is CCN(CC(F)(F)F)S(=O)(=O)c1cccc(C(N)=S)c1. The maximum atomic E-state index is 12.4. The Morgan fingerprint density at radius 3 is 2.45 bits per heavy atom. The fourth-order valence-electron chi connectivity index (χ4n) is 1.53. The molecule has 0 saturated heterocycles. The van der Waals surface area contributed by atoms with Gasteiger partial charge in [-0.3, -0.25) is 0 Å². The number of rotatable bonds is 5. The Bertz CT molecular complexity index is 600. The van der Waals surface area contributed by atoms with E-state index in [4.69, 9.17) is 18.0 Å². The highest BCUT2D eigenvalue weighted by Gasteiger charge is 2.36. The summed E-state index contributed by atoms with van der Waals surface area (Å²) in [5.74, 6) is 0. The summed E-state index contributed by atoms with van der Waals surface area (Å²) in [4.78, 5) is -0.296. The Morgan fingerprint density at radius 1 is 1.40 bits per heavy atom. The predicted molar refractivity (Wildman–Crippen MR) is 72.8 cm³/mol. The molecule has 1 aromatic rings. The molecular formula is C11H13F3N2O2S2. The number of nitrogens with two attached hydrogens (primary N) is 1.